The second kappa shape index (κ2) is 5.65. The van der Waals surface area contributed by atoms with E-state index in [4.69, 9.17) is 5.11 Å². The van der Waals surface area contributed by atoms with E-state index >= 15 is 0 Å². The number of carbonyl (C=O) groups is 1. The molecule has 0 aliphatic heterocycles. The van der Waals surface area contributed by atoms with Gasteiger partial charge in [0.2, 0.25) is 5.91 Å². The Kier molecular flexibility index (Phi) is 4.46. The summed E-state index contributed by atoms with van der Waals surface area (Å²) in [6.07, 6.45) is 0. The zero-order chi connectivity index (χ0) is 13.8. The zero-order valence-corrected chi connectivity index (χ0v) is 10.7. The number of hydrogen-bond acceptors (Lipinski definition) is 2. The smallest absolute Gasteiger partial charge is 0.229 e. The van der Waals surface area contributed by atoms with Crippen molar-refractivity contribution in [2.24, 2.45) is 5.41 Å². The quantitative estimate of drug-likeness (QED) is 0.749. The van der Waals surface area contributed by atoms with Crippen molar-refractivity contribution in [3.63, 3.8) is 0 Å². The molecule has 96 valence electrons. The minimum atomic E-state index is -0.546. The number of hydrogen-bond donors (Lipinski definition) is 2. The van der Waals surface area contributed by atoms with Gasteiger partial charge >= 0.3 is 0 Å². The van der Waals surface area contributed by atoms with Crippen LogP contribution in [0.1, 0.15) is 26.3 Å². The van der Waals surface area contributed by atoms with E-state index in [1.54, 1.807) is 20.8 Å². The summed E-state index contributed by atoms with van der Waals surface area (Å²) in [6.45, 7) is 5.03. The van der Waals surface area contributed by atoms with Crippen molar-refractivity contribution in [1.82, 2.24) is 0 Å². The summed E-state index contributed by atoms with van der Waals surface area (Å²) in [4.78, 5) is 11.8. The molecule has 1 rings (SSSR count). The maximum absolute atomic E-state index is 13.1. The van der Waals surface area contributed by atoms with E-state index in [-0.39, 0.29) is 12.5 Å². The summed E-state index contributed by atoms with van der Waals surface area (Å²) >= 11 is 0. The highest BCUT2D eigenvalue weighted by atomic mass is 19.1. The Bertz CT molecular complexity index is 507. The van der Waals surface area contributed by atoms with Crippen molar-refractivity contribution in [2.75, 3.05) is 11.9 Å². The van der Waals surface area contributed by atoms with Gasteiger partial charge in [-0.25, -0.2) is 4.39 Å². The fourth-order valence-electron chi connectivity index (χ4n) is 1.17. The van der Waals surface area contributed by atoms with Gasteiger partial charge in [-0.05, 0) is 18.2 Å². The maximum Gasteiger partial charge on any atom is 0.229 e. The van der Waals surface area contributed by atoms with Gasteiger partial charge in [0.05, 0.1) is 11.3 Å². The van der Waals surface area contributed by atoms with E-state index in [2.05, 4.69) is 17.2 Å². The molecule has 0 spiro atoms. The van der Waals surface area contributed by atoms with Crippen molar-refractivity contribution in [3.05, 3.63) is 29.6 Å². The molecule has 0 heterocycles. The van der Waals surface area contributed by atoms with Crippen LogP contribution in [-0.4, -0.2) is 17.6 Å². The second-order valence-corrected chi connectivity index (χ2v) is 4.85. The predicted octanol–water partition coefficient (Wildman–Crippen LogP) is 2.15. The topological polar surface area (TPSA) is 49.3 Å². The van der Waals surface area contributed by atoms with Crippen LogP contribution in [0.4, 0.5) is 10.1 Å². The largest absolute Gasteiger partial charge is 0.384 e. The number of amides is 1. The summed E-state index contributed by atoms with van der Waals surface area (Å²) in [7, 11) is 0. The first kappa shape index (κ1) is 14.2. The van der Waals surface area contributed by atoms with Gasteiger partial charge in [0.15, 0.2) is 0 Å². The fourth-order valence-corrected chi connectivity index (χ4v) is 1.17. The normalized spacial score (nSPS) is 10.5. The molecular formula is C14H16FNO2. The Morgan fingerprint density at radius 3 is 2.67 bits per heavy atom. The molecule has 0 atom stereocenters. The third-order valence-electron chi connectivity index (χ3n) is 2.21. The minimum Gasteiger partial charge on any atom is -0.384 e. The van der Waals surface area contributed by atoms with Gasteiger partial charge in [-0.1, -0.05) is 32.6 Å². The highest BCUT2D eigenvalue weighted by Gasteiger charge is 2.21. The molecule has 1 amide bonds. The van der Waals surface area contributed by atoms with Crippen molar-refractivity contribution in [3.8, 4) is 11.8 Å². The maximum atomic E-state index is 13.1. The van der Waals surface area contributed by atoms with Crippen molar-refractivity contribution < 1.29 is 14.3 Å². The van der Waals surface area contributed by atoms with Crippen molar-refractivity contribution in [2.45, 2.75) is 20.8 Å². The summed E-state index contributed by atoms with van der Waals surface area (Å²) in [5, 5.41) is 11.3. The molecule has 2 N–H and O–H groups in total. The van der Waals surface area contributed by atoms with Gasteiger partial charge in [-0.2, -0.15) is 0 Å². The number of rotatable bonds is 1. The van der Waals surface area contributed by atoms with Gasteiger partial charge in [0.25, 0.3) is 0 Å². The lowest BCUT2D eigenvalue weighted by Crippen LogP contribution is -2.28. The average Bonchev–Trinajstić information content (AvgIpc) is 2.28. The molecular weight excluding hydrogens is 233 g/mol. The fraction of sp³-hybridized carbons (Fsp3) is 0.357. The van der Waals surface area contributed by atoms with Crippen LogP contribution < -0.4 is 5.32 Å². The molecule has 0 fully saturated rings. The van der Waals surface area contributed by atoms with Gasteiger partial charge < -0.3 is 10.4 Å². The molecule has 0 aliphatic rings. The Labute approximate surface area is 106 Å². The van der Waals surface area contributed by atoms with E-state index in [1.165, 1.54) is 18.2 Å². The van der Waals surface area contributed by atoms with Crippen LogP contribution in [0, 0.1) is 23.1 Å². The SMILES string of the molecule is CC(C)(C)C(=O)Nc1ccc(F)cc1C#CCO. The van der Waals surface area contributed by atoms with Crippen LogP contribution in [0.2, 0.25) is 0 Å². The molecule has 18 heavy (non-hydrogen) atoms. The number of benzene rings is 1. The molecule has 0 saturated carbocycles. The van der Waals surface area contributed by atoms with Crippen LogP contribution >= 0.6 is 0 Å². The number of aliphatic hydroxyl groups is 1. The zero-order valence-electron chi connectivity index (χ0n) is 10.7. The van der Waals surface area contributed by atoms with Crippen LogP contribution in [-0.2, 0) is 4.79 Å². The summed E-state index contributed by atoms with van der Waals surface area (Å²) in [6, 6.07) is 3.93. The molecule has 3 nitrogen and oxygen atoms in total. The first-order valence-electron chi connectivity index (χ1n) is 5.55. The standard InChI is InChI=1S/C14H16FNO2/c1-14(2,3)13(18)16-12-7-6-11(15)9-10(12)5-4-8-17/h6-7,9,17H,8H2,1-3H3,(H,16,18). The van der Waals surface area contributed by atoms with E-state index in [1.807, 2.05) is 0 Å². The van der Waals surface area contributed by atoms with Gasteiger partial charge in [0.1, 0.15) is 12.4 Å². The number of aliphatic hydroxyl groups excluding tert-OH is 1. The second-order valence-electron chi connectivity index (χ2n) is 4.85. The average molecular weight is 249 g/mol. The van der Waals surface area contributed by atoms with Crippen LogP contribution in [0.15, 0.2) is 18.2 Å². The monoisotopic (exact) mass is 249 g/mol. The molecule has 0 bridgehead atoms. The highest BCUT2D eigenvalue weighted by molar-refractivity contribution is 5.95. The number of nitrogens with one attached hydrogen (secondary N) is 1. The van der Waals surface area contributed by atoms with Gasteiger partial charge in [0, 0.05) is 5.41 Å². The number of anilines is 1. The Hall–Kier alpha value is -1.86. The molecule has 0 unspecified atom stereocenters. The van der Waals surface area contributed by atoms with E-state index in [9.17, 15) is 9.18 Å². The molecule has 0 aliphatic carbocycles. The van der Waals surface area contributed by atoms with Gasteiger partial charge in [-0.15, -0.1) is 0 Å². The Morgan fingerprint density at radius 1 is 1.44 bits per heavy atom. The molecule has 1 aromatic carbocycles. The highest BCUT2D eigenvalue weighted by Crippen LogP contribution is 2.20. The van der Waals surface area contributed by atoms with E-state index in [0.29, 0.717) is 11.3 Å². The number of halogens is 1. The Morgan fingerprint density at radius 2 is 2.11 bits per heavy atom. The lowest BCUT2D eigenvalue weighted by atomic mass is 9.95. The first-order valence-corrected chi connectivity index (χ1v) is 5.55. The minimum absolute atomic E-state index is 0.179. The summed E-state index contributed by atoms with van der Waals surface area (Å²) in [5.74, 6) is 4.42. The van der Waals surface area contributed by atoms with Gasteiger partial charge in [-0.3, -0.25) is 4.79 Å². The predicted molar refractivity (Wildman–Crippen MR) is 68.4 cm³/mol. The molecule has 0 aromatic heterocycles. The molecule has 1 aromatic rings. The van der Waals surface area contributed by atoms with E-state index < -0.39 is 11.2 Å². The third kappa shape index (κ3) is 3.86. The van der Waals surface area contributed by atoms with Crippen LogP contribution in [0.3, 0.4) is 0 Å². The lowest BCUT2D eigenvalue weighted by molar-refractivity contribution is -0.123. The summed E-state index contributed by atoms with van der Waals surface area (Å²) in [5.41, 5.74) is 0.245. The lowest BCUT2D eigenvalue weighted by Gasteiger charge is -2.18. The first-order chi connectivity index (χ1) is 8.34. The van der Waals surface area contributed by atoms with Crippen LogP contribution in [0.25, 0.3) is 0 Å². The van der Waals surface area contributed by atoms with Crippen LogP contribution in [0.5, 0.6) is 0 Å². The molecule has 4 heteroatoms. The number of carbonyl (C=O) groups excluding carboxylic acids is 1. The summed E-state index contributed by atoms with van der Waals surface area (Å²) < 4.78 is 13.1. The Balaban J connectivity index is 3.05. The molecule has 0 radical (unpaired) electrons. The van der Waals surface area contributed by atoms with Crippen molar-refractivity contribution >= 4 is 11.6 Å². The van der Waals surface area contributed by atoms with E-state index in [0.717, 1.165) is 0 Å². The molecule has 0 saturated heterocycles. The van der Waals surface area contributed by atoms with Crippen molar-refractivity contribution in [1.29, 1.82) is 0 Å². The third-order valence-corrected chi connectivity index (χ3v) is 2.21.